The van der Waals surface area contributed by atoms with Crippen LogP contribution in [0.15, 0.2) is 103 Å². The molecule has 4 nitrogen and oxygen atoms in total. The second-order valence-electron chi connectivity index (χ2n) is 8.14. The van der Waals surface area contributed by atoms with Crippen LogP contribution in [0.4, 0.5) is 10.3 Å². The van der Waals surface area contributed by atoms with Crippen LogP contribution in [0.25, 0.3) is 16.7 Å². The van der Waals surface area contributed by atoms with Crippen molar-refractivity contribution < 1.29 is 4.39 Å². The maximum atomic E-state index is 13.2. The monoisotopic (exact) mass is 434 g/mol. The Morgan fingerprint density at radius 2 is 1.85 bits per heavy atom. The maximum Gasteiger partial charge on any atom is 0.223 e. The molecule has 5 rings (SSSR count). The van der Waals surface area contributed by atoms with Crippen LogP contribution in [0, 0.1) is 5.82 Å². The van der Waals surface area contributed by atoms with Gasteiger partial charge in [0.05, 0.1) is 5.69 Å². The molecule has 0 unspecified atom stereocenters. The van der Waals surface area contributed by atoms with E-state index in [4.69, 9.17) is 4.98 Å². The molecule has 2 aliphatic carbocycles. The molecule has 2 aromatic heterocycles. The first kappa shape index (κ1) is 20.8. The molecule has 1 aromatic carbocycles. The summed E-state index contributed by atoms with van der Waals surface area (Å²) in [6, 6.07) is 8.55. The summed E-state index contributed by atoms with van der Waals surface area (Å²) in [4.78, 5) is 13.9. The summed E-state index contributed by atoms with van der Waals surface area (Å²) in [5.74, 6) is 0.316. The highest BCUT2D eigenvalue weighted by Gasteiger charge is 2.24. The van der Waals surface area contributed by atoms with Gasteiger partial charge in [0.15, 0.2) is 0 Å². The van der Waals surface area contributed by atoms with Gasteiger partial charge in [0.1, 0.15) is 5.82 Å². The highest BCUT2D eigenvalue weighted by molar-refractivity contribution is 5.93. The highest BCUT2D eigenvalue weighted by atomic mass is 19.1. The first-order valence-corrected chi connectivity index (χ1v) is 10.8. The number of allylic oxidation sites excluding steroid dienone is 8. The van der Waals surface area contributed by atoms with Gasteiger partial charge in [-0.1, -0.05) is 43.5 Å². The van der Waals surface area contributed by atoms with E-state index in [1.165, 1.54) is 12.1 Å². The van der Waals surface area contributed by atoms with Crippen molar-refractivity contribution in [1.29, 1.82) is 0 Å². The lowest BCUT2D eigenvalue weighted by molar-refractivity contribution is 0.627. The van der Waals surface area contributed by atoms with Crippen LogP contribution in [-0.4, -0.2) is 21.5 Å². The molecule has 0 saturated carbocycles. The quantitative estimate of drug-likeness (QED) is 0.557. The Hall–Kier alpha value is -4.12. The number of halogens is 1. The van der Waals surface area contributed by atoms with Gasteiger partial charge >= 0.3 is 0 Å². The molecule has 33 heavy (non-hydrogen) atoms. The molecule has 1 N–H and O–H groups in total. The van der Waals surface area contributed by atoms with Gasteiger partial charge in [-0.2, -0.15) is 0 Å². The fraction of sp³-hybridized carbons (Fsp3) is 0.107. The lowest BCUT2D eigenvalue weighted by Gasteiger charge is -2.22. The second kappa shape index (κ2) is 8.79. The average Bonchev–Trinajstić information content (AvgIpc) is 3.01. The molecule has 5 heteroatoms. The zero-order valence-electron chi connectivity index (χ0n) is 18.2. The zero-order valence-corrected chi connectivity index (χ0v) is 18.2. The van der Waals surface area contributed by atoms with Gasteiger partial charge in [-0.25, -0.2) is 14.4 Å². The van der Waals surface area contributed by atoms with E-state index in [1.54, 1.807) is 18.3 Å². The van der Waals surface area contributed by atoms with Gasteiger partial charge in [0.25, 0.3) is 0 Å². The van der Waals surface area contributed by atoms with E-state index < -0.39 is 0 Å². The Kier molecular flexibility index (Phi) is 5.53. The number of pyridine rings is 1. The number of hydrogen-bond acceptors (Lipinski definition) is 4. The number of aromatic nitrogens is 3. The van der Waals surface area contributed by atoms with E-state index in [0.29, 0.717) is 18.9 Å². The SMILES string of the molecule is C=C1C=CC=C2C(=C1)C(=C)Cc1cnccc1-c1cnc(NCCc3ccc(F)cc3)nc12. The molecular weight excluding hydrogens is 411 g/mol. The highest BCUT2D eigenvalue weighted by Crippen LogP contribution is 2.40. The summed E-state index contributed by atoms with van der Waals surface area (Å²) in [5.41, 5.74) is 8.93. The molecular formula is C28H23FN4. The molecule has 0 spiro atoms. The summed E-state index contributed by atoms with van der Waals surface area (Å²) in [5, 5.41) is 3.32. The summed E-state index contributed by atoms with van der Waals surface area (Å²) in [6.07, 6.45) is 15.1. The molecule has 0 atom stereocenters. The van der Waals surface area contributed by atoms with E-state index in [2.05, 4.69) is 40.6 Å². The Morgan fingerprint density at radius 1 is 1.00 bits per heavy atom. The van der Waals surface area contributed by atoms with Crippen molar-refractivity contribution >= 4 is 11.5 Å². The van der Waals surface area contributed by atoms with Crippen LogP contribution in [0.2, 0.25) is 0 Å². The van der Waals surface area contributed by atoms with Crippen molar-refractivity contribution in [3.63, 3.8) is 0 Å². The van der Waals surface area contributed by atoms with Crippen molar-refractivity contribution in [2.24, 2.45) is 0 Å². The number of nitrogens with zero attached hydrogens (tertiary/aromatic N) is 3. The van der Waals surface area contributed by atoms with Crippen molar-refractivity contribution in [1.82, 2.24) is 15.0 Å². The van der Waals surface area contributed by atoms with Crippen LogP contribution in [0.5, 0.6) is 0 Å². The van der Waals surface area contributed by atoms with Crippen LogP contribution in [0.1, 0.15) is 16.8 Å². The second-order valence-corrected chi connectivity index (χ2v) is 8.14. The topological polar surface area (TPSA) is 50.7 Å². The van der Waals surface area contributed by atoms with Gasteiger partial charge in [-0.3, -0.25) is 4.98 Å². The third-order valence-corrected chi connectivity index (χ3v) is 5.83. The van der Waals surface area contributed by atoms with Gasteiger partial charge in [-0.15, -0.1) is 0 Å². The van der Waals surface area contributed by atoms with Crippen LogP contribution in [0.3, 0.4) is 0 Å². The van der Waals surface area contributed by atoms with E-state index in [0.717, 1.165) is 56.7 Å². The Labute approximate surface area is 192 Å². The zero-order chi connectivity index (χ0) is 22.8. The third kappa shape index (κ3) is 4.30. The van der Waals surface area contributed by atoms with Crippen LogP contribution >= 0.6 is 0 Å². The molecule has 0 fully saturated rings. The Balaban J connectivity index is 1.54. The fourth-order valence-electron chi connectivity index (χ4n) is 4.16. The number of anilines is 1. The molecule has 0 radical (unpaired) electrons. The molecule has 2 heterocycles. The smallest absolute Gasteiger partial charge is 0.223 e. The average molecular weight is 435 g/mol. The minimum atomic E-state index is -0.231. The van der Waals surface area contributed by atoms with Crippen LogP contribution < -0.4 is 5.32 Å². The summed E-state index contributed by atoms with van der Waals surface area (Å²) >= 11 is 0. The number of hydrogen-bond donors (Lipinski definition) is 1. The van der Waals surface area contributed by atoms with Crippen molar-refractivity contribution in [2.45, 2.75) is 12.8 Å². The number of benzene rings is 1. The fourth-order valence-corrected chi connectivity index (χ4v) is 4.16. The molecule has 0 bridgehead atoms. The van der Waals surface area contributed by atoms with Gasteiger partial charge < -0.3 is 5.32 Å². The molecule has 2 aliphatic rings. The first-order chi connectivity index (χ1) is 16.1. The Bertz CT molecular complexity index is 1350. The van der Waals surface area contributed by atoms with Crippen molar-refractivity contribution in [3.05, 3.63) is 126 Å². The largest absolute Gasteiger partial charge is 0.354 e. The molecule has 0 aliphatic heterocycles. The van der Waals surface area contributed by atoms with E-state index in [1.807, 2.05) is 30.6 Å². The molecule has 162 valence electrons. The predicted molar refractivity (Wildman–Crippen MR) is 131 cm³/mol. The van der Waals surface area contributed by atoms with Gasteiger partial charge in [-0.05, 0) is 70.5 Å². The minimum Gasteiger partial charge on any atom is -0.354 e. The maximum absolute atomic E-state index is 13.2. The standard InChI is InChI=1S/C28H23FN4/c1-18-4-3-5-24-25(14-18)19(2)15-21-16-30-12-11-23(21)26-17-32-28(33-27(24)26)31-13-10-20-6-8-22(29)9-7-20/h3-9,11-12,14,16-17H,1-2,10,13,15H2,(H,31,32,33). The lowest BCUT2D eigenvalue weighted by atomic mass is 9.84. The van der Waals surface area contributed by atoms with E-state index >= 15 is 0 Å². The van der Waals surface area contributed by atoms with Crippen LogP contribution in [-0.2, 0) is 12.8 Å². The molecule has 3 aromatic rings. The Morgan fingerprint density at radius 3 is 2.70 bits per heavy atom. The van der Waals surface area contributed by atoms with Gasteiger partial charge in [0.2, 0.25) is 5.95 Å². The first-order valence-electron chi connectivity index (χ1n) is 10.8. The molecule has 0 amide bonds. The molecule has 0 saturated heterocycles. The lowest BCUT2D eigenvalue weighted by Crippen LogP contribution is -2.12. The third-order valence-electron chi connectivity index (χ3n) is 5.83. The number of fused-ring (bicyclic) bond motifs is 5. The minimum absolute atomic E-state index is 0.231. The van der Waals surface area contributed by atoms with E-state index in [-0.39, 0.29) is 5.82 Å². The summed E-state index contributed by atoms with van der Waals surface area (Å²) in [7, 11) is 0. The summed E-state index contributed by atoms with van der Waals surface area (Å²) in [6.45, 7) is 9.13. The summed E-state index contributed by atoms with van der Waals surface area (Å²) < 4.78 is 13.2. The van der Waals surface area contributed by atoms with E-state index in [9.17, 15) is 4.39 Å². The number of rotatable bonds is 4. The van der Waals surface area contributed by atoms with Crippen molar-refractivity contribution in [3.8, 4) is 11.1 Å². The van der Waals surface area contributed by atoms with Gasteiger partial charge in [0, 0.05) is 36.3 Å². The normalized spacial score (nSPS) is 14.7. The number of nitrogens with one attached hydrogen (secondary N) is 1. The van der Waals surface area contributed by atoms with Crippen molar-refractivity contribution in [2.75, 3.05) is 11.9 Å². The predicted octanol–water partition coefficient (Wildman–Crippen LogP) is 5.88.